The first-order valence-corrected chi connectivity index (χ1v) is 3.56. The van der Waals surface area contributed by atoms with Gasteiger partial charge < -0.3 is 18.1 Å². The molecular formula is C7H17ClN-. The van der Waals surface area contributed by atoms with Gasteiger partial charge in [0, 0.05) is 6.04 Å². The van der Waals surface area contributed by atoms with Gasteiger partial charge in [0.1, 0.15) is 0 Å². The fraction of sp³-hybridized carbons (Fsp3) is 1.00. The molecule has 2 heteroatoms. The zero-order valence-electron chi connectivity index (χ0n) is 6.36. The Balaban J connectivity index is 0. The van der Waals surface area contributed by atoms with Crippen LogP contribution in [0.15, 0.2) is 0 Å². The van der Waals surface area contributed by atoms with E-state index in [1.807, 2.05) is 0 Å². The van der Waals surface area contributed by atoms with E-state index < -0.39 is 0 Å². The molecule has 0 aliphatic heterocycles. The minimum absolute atomic E-state index is 0. The second-order valence-electron chi connectivity index (χ2n) is 2.34. The van der Waals surface area contributed by atoms with Gasteiger partial charge in [0.25, 0.3) is 0 Å². The van der Waals surface area contributed by atoms with Crippen LogP contribution in [0, 0.1) is 0 Å². The monoisotopic (exact) mass is 150 g/mol. The number of nitrogens with two attached hydrogens (primary N) is 1. The summed E-state index contributed by atoms with van der Waals surface area (Å²) in [6.07, 6.45) is 4.82. The lowest BCUT2D eigenvalue weighted by molar-refractivity contribution is -0.00000210. The lowest BCUT2D eigenvalue weighted by Crippen LogP contribution is -3.00. The lowest BCUT2D eigenvalue weighted by Gasteiger charge is -2.05. The third-order valence-corrected chi connectivity index (χ3v) is 1.32. The van der Waals surface area contributed by atoms with Crippen molar-refractivity contribution in [3.8, 4) is 0 Å². The normalized spacial score (nSPS) is 9.33. The van der Waals surface area contributed by atoms with Crippen molar-refractivity contribution in [1.82, 2.24) is 0 Å². The van der Waals surface area contributed by atoms with E-state index in [1.165, 1.54) is 25.7 Å². The Morgan fingerprint density at radius 1 is 1.11 bits per heavy atom. The van der Waals surface area contributed by atoms with Gasteiger partial charge in [-0.25, -0.2) is 0 Å². The van der Waals surface area contributed by atoms with Crippen LogP contribution in [0.25, 0.3) is 0 Å². The lowest BCUT2D eigenvalue weighted by atomic mass is 10.1. The van der Waals surface area contributed by atoms with Crippen LogP contribution in [0.3, 0.4) is 0 Å². The maximum atomic E-state index is 5.69. The first kappa shape index (κ1) is 12.0. The van der Waals surface area contributed by atoms with Gasteiger partial charge in [0.15, 0.2) is 0 Å². The molecule has 0 radical (unpaired) electrons. The standard InChI is InChI=1S/C7H17N.ClH/c1-3-5-7(8)6-4-2;/h7H,3-6,8H2,1-2H3;1H/p-1. The molecular weight excluding hydrogens is 134 g/mol. The van der Waals surface area contributed by atoms with Gasteiger partial charge in [-0.2, -0.15) is 0 Å². The van der Waals surface area contributed by atoms with Crippen molar-refractivity contribution in [3.05, 3.63) is 0 Å². The molecule has 0 aromatic heterocycles. The summed E-state index contributed by atoms with van der Waals surface area (Å²) in [6.45, 7) is 4.35. The largest absolute Gasteiger partial charge is 1.00 e. The quantitative estimate of drug-likeness (QED) is 0.542. The van der Waals surface area contributed by atoms with Gasteiger partial charge in [-0.1, -0.05) is 26.7 Å². The third-order valence-electron chi connectivity index (χ3n) is 1.32. The van der Waals surface area contributed by atoms with Crippen LogP contribution in [0.5, 0.6) is 0 Å². The molecule has 0 aliphatic carbocycles. The molecule has 0 atom stereocenters. The molecule has 0 amide bonds. The van der Waals surface area contributed by atoms with Gasteiger partial charge in [-0.3, -0.25) is 0 Å². The average molecular weight is 151 g/mol. The van der Waals surface area contributed by atoms with Crippen molar-refractivity contribution in [2.75, 3.05) is 0 Å². The molecule has 0 aromatic carbocycles. The topological polar surface area (TPSA) is 26.0 Å². The van der Waals surface area contributed by atoms with Crippen molar-refractivity contribution < 1.29 is 12.4 Å². The Kier molecular flexibility index (Phi) is 11.0. The molecule has 0 unspecified atom stereocenters. The molecule has 0 saturated carbocycles. The van der Waals surface area contributed by atoms with Crippen LogP contribution in [-0.2, 0) is 0 Å². The predicted molar refractivity (Wildman–Crippen MR) is 37.8 cm³/mol. The molecule has 58 valence electrons. The molecule has 2 N–H and O–H groups in total. The summed E-state index contributed by atoms with van der Waals surface area (Å²) >= 11 is 0. The van der Waals surface area contributed by atoms with E-state index in [-0.39, 0.29) is 12.4 Å². The van der Waals surface area contributed by atoms with E-state index in [0.717, 1.165) is 0 Å². The van der Waals surface area contributed by atoms with Crippen molar-refractivity contribution in [2.45, 2.75) is 45.6 Å². The van der Waals surface area contributed by atoms with Gasteiger partial charge in [-0.05, 0) is 12.8 Å². The van der Waals surface area contributed by atoms with Gasteiger partial charge in [0.05, 0.1) is 0 Å². The van der Waals surface area contributed by atoms with Gasteiger partial charge in [-0.15, -0.1) is 0 Å². The Morgan fingerprint density at radius 3 is 1.67 bits per heavy atom. The Bertz CT molecular complexity index is 42.2. The number of hydrogen-bond donors (Lipinski definition) is 1. The Morgan fingerprint density at radius 2 is 1.44 bits per heavy atom. The summed E-state index contributed by atoms with van der Waals surface area (Å²) < 4.78 is 0. The van der Waals surface area contributed by atoms with Crippen LogP contribution in [-0.4, -0.2) is 6.04 Å². The summed E-state index contributed by atoms with van der Waals surface area (Å²) in [6, 6.07) is 0.463. The van der Waals surface area contributed by atoms with Crippen LogP contribution in [0.1, 0.15) is 39.5 Å². The molecule has 0 aromatic rings. The minimum atomic E-state index is 0. The van der Waals surface area contributed by atoms with Gasteiger partial charge >= 0.3 is 0 Å². The van der Waals surface area contributed by atoms with E-state index in [4.69, 9.17) is 5.73 Å². The van der Waals surface area contributed by atoms with Gasteiger partial charge in [0.2, 0.25) is 0 Å². The number of hydrogen-bond acceptors (Lipinski definition) is 1. The maximum Gasteiger partial charge on any atom is 0.00386 e. The highest BCUT2D eigenvalue weighted by molar-refractivity contribution is 4.57. The molecule has 0 aliphatic rings. The number of rotatable bonds is 4. The summed E-state index contributed by atoms with van der Waals surface area (Å²) in [5.41, 5.74) is 5.69. The van der Waals surface area contributed by atoms with E-state index in [1.54, 1.807) is 0 Å². The fourth-order valence-corrected chi connectivity index (χ4v) is 0.886. The van der Waals surface area contributed by atoms with Crippen molar-refractivity contribution in [3.63, 3.8) is 0 Å². The van der Waals surface area contributed by atoms with E-state index in [0.29, 0.717) is 6.04 Å². The summed E-state index contributed by atoms with van der Waals surface area (Å²) in [7, 11) is 0. The second-order valence-corrected chi connectivity index (χ2v) is 2.34. The van der Waals surface area contributed by atoms with Crippen LogP contribution >= 0.6 is 0 Å². The molecule has 0 bridgehead atoms. The number of halogens is 1. The Labute approximate surface area is 64.4 Å². The first-order valence-electron chi connectivity index (χ1n) is 3.56. The van der Waals surface area contributed by atoms with Crippen LogP contribution in [0.4, 0.5) is 0 Å². The molecule has 0 saturated heterocycles. The average Bonchev–Trinajstić information content (AvgIpc) is 1.68. The van der Waals surface area contributed by atoms with E-state index >= 15 is 0 Å². The molecule has 0 fully saturated rings. The zero-order chi connectivity index (χ0) is 6.41. The minimum Gasteiger partial charge on any atom is -1.00 e. The molecule has 9 heavy (non-hydrogen) atoms. The molecule has 1 nitrogen and oxygen atoms in total. The van der Waals surface area contributed by atoms with Crippen molar-refractivity contribution in [2.24, 2.45) is 5.73 Å². The zero-order valence-corrected chi connectivity index (χ0v) is 7.12. The summed E-state index contributed by atoms with van der Waals surface area (Å²) in [5, 5.41) is 0. The highest BCUT2D eigenvalue weighted by atomic mass is 35.5. The maximum absolute atomic E-state index is 5.69. The molecule has 0 heterocycles. The first-order chi connectivity index (χ1) is 3.81. The smallest absolute Gasteiger partial charge is 0.00386 e. The predicted octanol–water partition coefficient (Wildman–Crippen LogP) is -1.08. The van der Waals surface area contributed by atoms with Crippen molar-refractivity contribution >= 4 is 0 Å². The summed E-state index contributed by atoms with van der Waals surface area (Å²) in [5.74, 6) is 0. The van der Waals surface area contributed by atoms with E-state index in [9.17, 15) is 0 Å². The SMILES string of the molecule is CCCC(N)CCC.[Cl-]. The summed E-state index contributed by atoms with van der Waals surface area (Å²) in [4.78, 5) is 0. The highest BCUT2D eigenvalue weighted by Crippen LogP contribution is 1.99. The fourth-order valence-electron chi connectivity index (χ4n) is 0.886. The molecule has 0 spiro atoms. The van der Waals surface area contributed by atoms with Crippen LogP contribution in [0.2, 0.25) is 0 Å². The molecule has 0 rings (SSSR count). The third kappa shape index (κ3) is 8.25. The van der Waals surface area contributed by atoms with Crippen molar-refractivity contribution in [1.29, 1.82) is 0 Å². The second kappa shape index (κ2) is 8.25. The van der Waals surface area contributed by atoms with E-state index in [2.05, 4.69) is 13.8 Å². The van der Waals surface area contributed by atoms with Crippen LogP contribution < -0.4 is 18.1 Å². The Hall–Kier alpha value is 0.250. The highest BCUT2D eigenvalue weighted by Gasteiger charge is 1.95.